The summed E-state index contributed by atoms with van der Waals surface area (Å²) >= 11 is 0.553. The third-order valence-electron chi connectivity index (χ3n) is 2.43. The van der Waals surface area contributed by atoms with E-state index < -0.39 is 0 Å². The summed E-state index contributed by atoms with van der Waals surface area (Å²) in [6, 6.07) is 10.8. The van der Waals surface area contributed by atoms with Crippen LogP contribution in [0.3, 0.4) is 0 Å². The molecule has 0 bridgehead atoms. The van der Waals surface area contributed by atoms with E-state index >= 15 is 0 Å². The minimum absolute atomic E-state index is 0.441. The van der Waals surface area contributed by atoms with Crippen LogP contribution < -0.4 is 4.46 Å². The Morgan fingerprint density at radius 1 is 1.36 bits per heavy atom. The van der Waals surface area contributed by atoms with Crippen LogP contribution in [0.25, 0.3) is 0 Å². The number of benzene rings is 1. The first-order chi connectivity index (χ1) is 6.70. The molecule has 0 aliphatic rings. The normalized spacial score (nSPS) is 14.7. The van der Waals surface area contributed by atoms with E-state index in [1.54, 1.807) is 0 Å². The monoisotopic (exact) mass is 254 g/mol. The predicted molar refractivity (Wildman–Crippen MR) is 65.3 cm³/mol. The molecular weight excluding hydrogens is 235 g/mol. The van der Waals surface area contributed by atoms with E-state index in [1.807, 2.05) is 6.08 Å². The first kappa shape index (κ1) is 11.6. The molecule has 1 aromatic carbocycles. The van der Waals surface area contributed by atoms with Gasteiger partial charge in [0, 0.05) is 0 Å². The van der Waals surface area contributed by atoms with Crippen molar-refractivity contribution in [1.29, 1.82) is 0 Å². The van der Waals surface area contributed by atoms with Gasteiger partial charge in [0.05, 0.1) is 0 Å². The van der Waals surface area contributed by atoms with Gasteiger partial charge in [-0.3, -0.25) is 0 Å². The Bertz CT molecular complexity index is 279. The van der Waals surface area contributed by atoms with E-state index in [-0.39, 0.29) is 0 Å². The van der Waals surface area contributed by atoms with E-state index in [0.717, 1.165) is 6.42 Å². The van der Waals surface area contributed by atoms with Crippen LogP contribution in [0.5, 0.6) is 0 Å². The Morgan fingerprint density at radius 2 is 2.00 bits per heavy atom. The molecule has 1 heteroatoms. The molecule has 0 radical (unpaired) electrons. The van der Waals surface area contributed by atoms with Crippen molar-refractivity contribution in [2.75, 3.05) is 0 Å². The van der Waals surface area contributed by atoms with Crippen molar-refractivity contribution >= 4 is 19.4 Å². The molecule has 1 unspecified atom stereocenters. The molecule has 0 saturated carbocycles. The van der Waals surface area contributed by atoms with Crippen LogP contribution in [-0.4, -0.2) is 15.0 Å². The van der Waals surface area contributed by atoms with Crippen LogP contribution in [0, 0.1) is 0 Å². The number of allylic oxidation sites excluding steroid dienone is 1. The molecule has 0 fully saturated rings. The Hall–Kier alpha value is -0.521. The van der Waals surface area contributed by atoms with Crippen LogP contribution >= 0.6 is 0 Å². The molecule has 0 saturated heterocycles. The summed E-state index contributed by atoms with van der Waals surface area (Å²) in [4.78, 5) is 0. The Balaban J connectivity index is 2.70. The van der Waals surface area contributed by atoms with Crippen molar-refractivity contribution < 1.29 is 0 Å². The number of rotatable bonds is 5. The summed E-state index contributed by atoms with van der Waals surface area (Å²) < 4.78 is 1.93. The maximum atomic E-state index is 3.85. The molecule has 0 nitrogen and oxygen atoms in total. The van der Waals surface area contributed by atoms with Crippen molar-refractivity contribution in [2.24, 2.45) is 0 Å². The van der Waals surface area contributed by atoms with Crippen LogP contribution in [-0.2, 0) is 0 Å². The standard InChI is InChI=1S/C13H18Se/c1-4-11-13(3,5-2)14-12-9-7-6-8-10-12/h4,6-10H,1,5,11H2,2-3H3. The van der Waals surface area contributed by atoms with Gasteiger partial charge in [-0.05, 0) is 0 Å². The third-order valence-corrected chi connectivity index (χ3v) is 5.49. The first-order valence-corrected chi connectivity index (χ1v) is 6.76. The average Bonchev–Trinajstić information content (AvgIpc) is 2.20. The van der Waals surface area contributed by atoms with Crippen molar-refractivity contribution in [1.82, 2.24) is 0 Å². The molecule has 0 aromatic heterocycles. The Morgan fingerprint density at radius 3 is 2.50 bits per heavy atom. The van der Waals surface area contributed by atoms with Crippen molar-refractivity contribution in [3.8, 4) is 0 Å². The van der Waals surface area contributed by atoms with Gasteiger partial charge >= 0.3 is 93.4 Å². The molecule has 0 N–H and O–H groups in total. The van der Waals surface area contributed by atoms with Crippen LogP contribution in [0.2, 0.25) is 4.31 Å². The summed E-state index contributed by atoms with van der Waals surface area (Å²) in [5.74, 6) is 0. The molecule has 14 heavy (non-hydrogen) atoms. The number of hydrogen-bond acceptors (Lipinski definition) is 0. The fraction of sp³-hybridized carbons (Fsp3) is 0.385. The second-order valence-corrected chi connectivity index (χ2v) is 7.20. The zero-order valence-electron chi connectivity index (χ0n) is 8.99. The quantitative estimate of drug-likeness (QED) is 0.558. The molecule has 1 atom stereocenters. The van der Waals surface area contributed by atoms with E-state index in [1.165, 1.54) is 10.9 Å². The zero-order chi connectivity index (χ0) is 10.4. The summed E-state index contributed by atoms with van der Waals surface area (Å²) in [5.41, 5.74) is 0. The maximum absolute atomic E-state index is 3.85. The summed E-state index contributed by atoms with van der Waals surface area (Å²) in [6.45, 7) is 8.48. The zero-order valence-corrected chi connectivity index (χ0v) is 10.7. The first-order valence-electron chi connectivity index (χ1n) is 5.05. The SMILES string of the molecule is C=CCC(C)(CC)[Se]c1ccccc1. The average molecular weight is 253 g/mol. The molecule has 1 rings (SSSR count). The molecule has 76 valence electrons. The second-order valence-electron chi connectivity index (χ2n) is 3.71. The molecular formula is C13H18Se. The minimum atomic E-state index is 0.441. The summed E-state index contributed by atoms with van der Waals surface area (Å²) in [6.07, 6.45) is 4.40. The van der Waals surface area contributed by atoms with E-state index in [9.17, 15) is 0 Å². The summed E-state index contributed by atoms with van der Waals surface area (Å²) in [7, 11) is 0. The number of hydrogen-bond donors (Lipinski definition) is 0. The van der Waals surface area contributed by atoms with Gasteiger partial charge in [0.25, 0.3) is 0 Å². The summed E-state index contributed by atoms with van der Waals surface area (Å²) in [5, 5.41) is 0. The third kappa shape index (κ3) is 3.32. The van der Waals surface area contributed by atoms with Crippen LogP contribution in [0.15, 0.2) is 43.0 Å². The molecule has 0 aliphatic heterocycles. The van der Waals surface area contributed by atoms with Gasteiger partial charge in [0.1, 0.15) is 0 Å². The van der Waals surface area contributed by atoms with Crippen molar-refractivity contribution in [2.45, 2.75) is 31.0 Å². The molecule has 0 aliphatic carbocycles. The van der Waals surface area contributed by atoms with Gasteiger partial charge in [0.2, 0.25) is 0 Å². The van der Waals surface area contributed by atoms with Gasteiger partial charge < -0.3 is 0 Å². The second kappa shape index (κ2) is 5.38. The van der Waals surface area contributed by atoms with Gasteiger partial charge in [-0.1, -0.05) is 0 Å². The van der Waals surface area contributed by atoms with E-state index in [2.05, 4.69) is 50.8 Å². The molecule has 0 heterocycles. The molecule has 1 aromatic rings. The topological polar surface area (TPSA) is 0 Å². The predicted octanol–water partition coefficient (Wildman–Crippen LogP) is 3.18. The van der Waals surface area contributed by atoms with Gasteiger partial charge in [-0.15, -0.1) is 0 Å². The van der Waals surface area contributed by atoms with Crippen LogP contribution in [0.4, 0.5) is 0 Å². The van der Waals surface area contributed by atoms with Gasteiger partial charge in [-0.2, -0.15) is 0 Å². The van der Waals surface area contributed by atoms with Crippen molar-refractivity contribution in [3.05, 3.63) is 43.0 Å². The van der Waals surface area contributed by atoms with Gasteiger partial charge in [-0.25, -0.2) is 0 Å². The fourth-order valence-electron chi connectivity index (χ4n) is 1.34. The van der Waals surface area contributed by atoms with E-state index in [4.69, 9.17) is 0 Å². The van der Waals surface area contributed by atoms with Gasteiger partial charge in [0.15, 0.2) is 0 Å². The fourth-order valence-corrected chi connectivity index (χ4v) is 3.87. The molecule has 0 amide bonds. The van der Waals surface area contributed by atoms with Crippen LogP contribution in [0.1, 0.15) is 26.7 Å². The van der Waals surface area contributed by atoms with Crippen molar-refractivity contribution in [3.63, 3.8) is 0 Å². The Labute approximate surface area is 93.6 Å². The Kier molecular flexibility index (Phi) is 4.44. The molecule has 0 spiro atoms. The van der Waals surface area contributed by atoms with E-state index in [0.29, 0.717) is 19.3 Å².